The second-order valence-electron chi connectivity index (χ2n) is 5.21. The molecule has 20 heavy (non-hydrogen) atoms. The summed E-state index contributed by atoms with van der Waals surface area (Å²) in [6, 6.07) is 6.65. The van der Waals surface area contributed by atoms with Crippen LogP contribution in [0.15, 0.2) is 29.2 Å². The third-order valence-electron chi connectivity index (χ3n) is 3.90. The molecule has 1 aromatic carbocycles. The minimum atomic E-state index is -3.44. The SMILES string of the molecule is CCC1CCC(C)N1S(=O)(=O)c1ccc(C(N)=S)cc1. The highest BCUT2D eigenvalue weighted by Gasteiger charge is 2.38. The Morgan fingerprint density at radius 2 is 1.95 bits per heavy atom. The molecule has 1 aliphatic heterocycles. The average Bonchev–Trinajstić information content (AvgIpc) is 2.80. The van der Waals surface area contributed by atoms with Crippen LogP contribution in [0.3, 0.4) is 0 Å². The number of hydrogen-bond acceptors (Lipinski definition) is 3. The minimum Gasteiger partial charge on any atom is -0.389 e. The summed E-state index contributed by atoms with van der Waals surface area (Å²) in [5, 5.41) is 0. The van der Waals surface area contributed by atoms with Crippen molar-refractivity contribution >= 4 is 27.2 Å². The second-order valence-corrected chi connectivity index (χ2v) is 7.50. The summed E-state index contributed by atoms with van der Waals surface area (Å²) in [4.78, 5) is 0.583. The van der Waals surface area contributed by atoms with Gasteiger partial charge in [-0.15, -0.1) is 0 Å². The first-order valence-corrected chi connectivity index (χ1v) is 8.66. The molecular weight excluding hydrogens is 292 g/mol. The Hall–Kier alpha value is -0.980. The van der Waals surface area contributed by atoms with Crippen molar-refractivity contribution in [3.05, 3.63) is 29.8 Å². The average molecular weight is 312 g/mol. The van der Waals surface area contributed by atoms with E-state index in [-0.39, 0.29) is 17.1 Å². The molecule has 2 unspecified atom stereocenters. The van der Waals surface area contributed by atoms with Crippen LogP contribution in [0, 0.1) is 0 Å². The van der Waals surface area contributed by atoms with Crippen molar-refractivity contribution in [3.63, 3.8) is 0 Å². The molecule has 0 amide bonds. The monoisotopic (exact) mass is 312 g/mol. The highest BCUT2D eigenvalue weighted by atomic mass is 32.2. The smallest absolute Gasteiger partial charge is 0.243 e. The first-order valence-electron chi connectivity index (χ1n) is 6.81. The lowest BCUT2D eigenvalue weighted by Gasteiger charge is -2.27. The van der Waals surface area contributed by atoms with Crippen molar-refractivity contribution < 1.29 is 8.42 Å². The Labute approximate surface area is 126 Å². The van der Waals surface area contributed by atoms with Crippen molar-refractivity contribution in [2.75, 3.05) is 0 Å². The molecule has 1 saturated heterocycles. The van der Waals surface area contributed by atoms with Gasteiger partial charge in [-0.2, -0.15) is 4.31 Å². The Bertz CT molecular complexity index is 596. The van der Waals surface area contributed by atoms with E-state index in [1.54, 1.807) is 28.6 Å². The van der Waals surface area contributed by atoms with Gasteiger partial charge < -0.3 is 5.73 Å². The van der Waals surface area contributed by atoms with E-state index in [0.29, 0.717) is 10.5 Å². The van der Waals surface area contributed by atoms with E-state index < -0.39 is 10.0 Å². The molecular formula is C14H20N2O2S2. The molecule has 0 bridgehead atoms. The molecule has 0 radical (unpaired) electrons. The number of thiocarbonyl (C=S) groups is 1. The standard InChI is InChI=1S/C14H20N2O2S2/c1-3-12-7-4-10(2)16(12)20(17,18)13-8-5-11(6-9-13)14(15)19/h5-6,8-10,12H,3-4,7H2,1-2H3,(H2,15,19). The Kier molecular flexibility index (Phi) is 4.46. The molecule has 1 aliphatic rings. The van der Waals surface area contributed by atoms with Crippen LogP contribution < -0.4 is 5.73 Å². The van der Waals surface area contributed by atoms with E-state index in [2.05, 4.69) is 0 Å². The summed E-state index contributed by atoms with van der Waals surface area (Å²) >= 11 is 4.88. The van der Waals surface area contributed by atoms with Crippen molar-refractivity contribution in [1.82, 2.24) is 4.31 Å². The lowest BCUT2D eigenvalue weighted by molar-refractivity contribution is 0.328. The second kappa shape index (κ2) is 5.79. The summed E-state index contributed by atoms with van der Waals surface area (Å²) in [5.74, 6) is 0. The molecule has 110 valence electrons. The maximum absolute atomic E-state index is 12.8. The van der Waals surface area contributed by atoms with Crippen LogP contribution in [0.1, 0.15) is 38.7 Å². The summed E-state index contributed by atoms with van der Waals surface area (Å²) in [5.41, 5.74) is 6.21. The van der Waals surface area contributed by atoms with Gasteiger partial charge in [0, 0.05) is 17.6 Å². The van der Waals surface area contributed by atoms with E-state index in [9.17, 15) is 8.42 Å². The first kappa shape index (κ1) is 15.4. The number of rotatable bonds is 4. The van der Waals surface area contributed by atoms with Crippen LogP contribution in [0.25, 0.3) is 0 Å². The van der Waals surface area contributed by atoms with Crippen LogP contribution in [0.2, 0.25) is 0 Å². The topological polar surface area (TPSA) is 63.4 Å². The molecule has 4 nitrogen and oxygen atoms in total. The van der Waals surface area contributed by atoms with Crippen molar-refractivity contribution in [2.24, 2.45) is 5.73 Å². The molecule has 1 fully saturated rings. The van der Waals surface area contributed by atoms with E-state index in [1.165, 1.54) is 0 Å². The predicted molar refractivity (Wildman–Crippen MR) is 84.1 cm³/mol. The van der Waals surface area contributed by atoms with Crippen LogP contribution in [-0.4, -0.2) is 29.8 Å². The van der Waals surface area contributed by atoms with Crippen molar-refractivity contribution in [3.8, 4) is 0 Å². The van der Waals surface area contributed by atoms with E-state index in [1.807, 2.05) is 13.8 Å². The van der Waals surface area contributed by atoms with E-state index >= 15 is 0 Å². The maximum atomic E-state index is 12.8. The minimum absolute atomic E-state index is 0.0558. The number of nitrogens with two attached hydrogens (primary N) is 1. The Morgan fingerprint density at radius 3 is 2.45 bits per heavy atom. The van der Waals surface area contributed by atoms with Gasteiger partial charge in [0.05, 0.1) is 4.90 Å². The summed E-state index contributed by atoms with van der Waals surface area (Å²) in [6.07, 6.45) is 2.69. The van der Waals surface area contributed by atoms with Gasteiger partial charge >= 0.3 is 0 Å². The van der Waals surface area contributed by atoms with Gasteiger partial charge in [-0.25, -0.2) is 8.42 Å². The molecule has 2 atom stereocenters. The fraction of sp³-hybridized carbons (Fsp3) is 0.500. The van der Waals surface area contributed by atoms with Crippen LogP contribution in [-0.2, 0) is 10.0 Å². The highest BCUT2D eigenvalue weighted by molar-refractivity contribution is 7.89. The molecule has 1 aromatic rings. The summed E-state index contributed by atoms with van der Waals surface area (Å²) in [6.45, 7) is 4.00. The molecule has 0 aromatic heterocycles. The zero-order chi connectivity index (χ0) is 14.9. The van der Waals surface area contributed by atoms with Crippen LogP contribution in [0.4, 0.5) is 0 Å². The zero-order valence-corrected chi connectivity index (χ0v) is 13.4. The van der Waals surface area contributed by atoms with Gasteiger partial charge in [0.2, 0.25) is 10.0 Å². The molecule has 0 saturated carbocycles. The van der Waals surface area contributed by atoms with Crippen LogP contribution in [0.5, 0.6) is 0 Å². The summed E-state index contributed by atoms with van der Waals surface area (Å²) < 4.78 is 27.2. The number of sulfonamides is 1. The zero-order valence-electron chi connectivity index (χ0n) is 11.7. The first-order chi connectivity index (χ1) is 9.37. The fourth-order valence-electron chi connectivity index (χ4n) is 2.78. The molecule has 1 heterocycles. The predicted octanol–water partition coefficient (Wildman–Crippen LogP) is 2.27. The maximum Gasteiger partial charge on any atom is 0.243 e. The molecule has 0 aliphatic carbocycles. The van der Waals surface area contributed by atoms with Gasteiger partial charge in [0.25, 0.3) is 0 Å². The molecule has 6 heteroatoms. The highest BCUT2D eigenvalue weighted by Crippen LogP contribution is 2.32. The van der Waals surface area contributed by atoms with Crippen molar-refractivity contribution in [1.29, 1.82) is 0 Å². The number of hydrogen-bond donors (Lipinski definition) is 1. The molecule has 2 rings (SSSR count). The lowest BCUT2D eigenvalue weighted by Crippen LogP contribution is -2.39. The van der Waals surface area contributed by atoms with E-state index in [0.717, 1.165) is 19.3 Å². The van der Waals surface area contributed by atoms with E-state index in [4.69, 9.17) is 18.0 Å². The lowest BCUT2D eigenvalue weighted by atomic mass is 10.2. The van der Waals surface area contributed by atoms with Crippen LogP contribution >= 0.6 is 12.2 Å². The Balaban J connectivity index is 2.36. The normalized spacial score (nSPS) is 23.9. The van der Waals surface area contributed by atoms with Gasteiger partial charge in [-0.1, -0.05) is 31.3 Å². The van der Waals surface area contributed by atoms with Gasteiger partial charge in [-0.05, 0) is 38.3 Å². The molecule has 2 N–H and O–H groups in total. The quantitative estimate of drug-likeness (QED) is 0.866. The largest absolute Gasteiger partial charge is 0.389 e. The van der Waals surface area contributed by atoms with Gasteiger partial charge in [0.15, 0.2) is 0 Å². The molecule has 0 spiro atoms. The number of nitrogens with zero attached hydrogens (tertiary/aromatic N) is 1. The van der Waals surface area contributed by atoms with Gasteiger partial charge in [-0.3, -0.25) is 0 Å². The van der Waals surface area contributed by atoms with Crippen molar-refractivity contribution in [2.45, 2.75) is 50.1 Å². The Morgan fingerprint density at radius 1 is 1.35 bits per heavy atom. The number of benzene rings is 1. The third-order valence-corrected chi connectivity index (χ3v) is 6.21. The summed E-state index contributed by atoms with van der Waals surface area (Å²) in [7, 11) is -3.44. The van der Waals surface area contributed by atoms with Gasteiger partial charge in [0.1, 0.15) is 4.99 Å². The fourth-order valence-corrected chi connectivity index (χ4v) is 4.86. The third kappa shape index (κ3) is 2.73.